The molecule has 1 aromatic carbocycles. The topological polar surface area (TPSA) is 3.24 Å². The van der Waals surface area contributed by atoms with Gasteiger partial charge in [-0.1, -0.05) is 25.5 Å². The van der Waals surface area contributed by atoms with Crippen LogP contribution in [-0.4, -0.2) is 18.0 Å². The monoisotopic (exact) mass is 287 g/mol. The van der Waals surface area contributed by atoms with E-state index >= 15 is 0 Å². The Hall–Kier alpha value is -0.410. The molecule has 0 aromatic heterocycles. The summed E-state index contributed by atoms with van der Waals surface area (Å²) in [4.78, 5) is 2.25. The largest absolute Gasteiger partial charge is 0.299 e. The fourth-order valence-electron chi connectivity index (χ4n) is 1.73. The number of halogens is 2. The number of benzene rings is 1. The van der Waals surface area contributed by atoms with Crippen molar-refractivity contribution in [2.45, 2.75) is 39.3 Å². The van der Waals surface area contributed by atoms with Crippen molar-refractivity contribution in [2.24, 2.45) is 0 Å². The minimum Gasteiger partial charge on any atom is -0.299 e. The molecule has 0 spiro atoms. The summed E-state index contributed by atoms with van der Waals surface area (Å²) in [6.45, 7) is 5.17. The Morgan fingerprint density at radius 1 is 1.44 bits per heavy atom. The fourth-order valence-corrected chi connectivity index (χ4v) is 2.12. The third-order valence-corrected chi connectivity index (χ3v) is 3.80. The highest BCUT2D eigenvalue weighted by Crippen LogP contribution is 2.22. The molecule has 0 fully saturated rings. The van der Waals surface area contributed by atoms with Crippen LogP contribution in [0, 0.1) is 5.82 Å². The molecule has 0 amide bonds. The van der Waals surface area contributed by atoms with E-state index in [0.717, 1.165) is 12.1 Å². The van der Waals surface area contributed by atoms with Crippen LogP contribution in [0.4, 0.5) is 4.39 Å². The van der Waals surface area contributed by atoms with Crippen LogP contribution in [0.3, 0.4) is 0 Å². The normalized spacial score (nSPS) is 13.1. The maximum absolute atomic E-state index is 13.3. The van der Waals surface area contributed by atoms with Gasteiger partial charge in [-0.15, -0.1) is 0 Å². The van der Waals surface area contributed by atoms with Gasteiger partial charge in [0.2, 0.25) is 0 Å². The third-order valence-electron chi connectivity index (χ3n) is 2.91. The molecule has 1 aromatic rings. The van der Waals surface area contributed by atoms with Crippen molar-refractivity contribution in [2.75, 3.05) is 7.05 Å². The summed E-state index contributed by atoms with van der Waals surface area (Å²) in [6, 6.07) is 5.72. The molecule has 3 heteroatoms. The van der Waals surface area contributed by atoms with Crippen molar-refractivity contribution in [3.8, 4) is 0 Å². The summed E-state index contributed by atoms with van der Waals surface area (Å²) in [5.74, 6) is -0.186. The van der Waals surface area contributed by atoms with Crippen LogP contribution < -0.4 is 0 Å². The lowest BCUT2D eigenvalue weighted by molar-refractivity contribution is 0.236. The molecule has 1 nitrogen and oxygen atoms in total. The van der Waals surface area contributed by atoms with Crippen LogP contribution in [0.5, 0.6) is 0 Å². The maximum atomic E-state index is 13.3. The molecular formula is C13H19BrFN. The van der Waals surface area contributed by atoms with Crippen LogP contribution in [0.1, 0.15) is 32.3 Å². The minimum atomic E-state index is -0.186. The molecule has 0 saturated carbocycles. The predicted molar refractivity (Wildman–Crippen MR) is 69.9 cm³/mol. The Bertz CT molecular complexity index is 341. The van der Waals surface area contributed by atoms with E-state index in [0.29, 0.717) is 10.5 Å². The lowest BCUT2D eigenvalue weighted by Crippen LogP contribution is -2.28. The lowest BCUT2D eigenvalue weighted by atomic mass is 10.1. The summed E-state index contributed by atoms with van der Waals surface area (Å²) < 4.78 is 13.9. The van der Waals surface area contributed by atoms with Gasteiger partial charge in [0.15, 0.2) is 0 Å². The third kappa shape index (κ3) is 3.56. The van der Waals surface area contributed by atoms with Gasteiger partial charge in [0, 0.05) is 12.6 Å². The summed E-state index contributed by atoms with van der Waals surface area (Å²) in [5, 5.41) is 0. The van der Waals surface area contributed by atoms with Crippen LogP contribution in [0.15, 0.2) is 22.7 Å². The van der Waals surface area contributed by atoms with Gasteiger partial charge in [-0.05, 0) is 48.0 Å². The molecule has 0 saturated heterocycles. The molecule has 0 aliphatic rings. The van der Waals surface area contributed by atoms with Gasteiger partial charge in [-0.25, -0.2) is 4.39 Å². The Morgan fingerprint density at radius 3 is 2.75 bits per heavy atom. The van der Waals surface area contributed by atoms with Crippen molar-refractivity contribution in [1.82, 2.24) is 4.90 Å². The SMILES string of the molecule is CCCC(C)N(C)Cc1cccc(F)c1Br. The summed E-state index contributed by atoms with van der Waals surface area (Å²) in [6.07, 6.45) is 2.35. The van der Waals surface area contributed by atoms with E-state index in [1.807, 2.05) is 6.07 Å². The summed E-state index contributed by atoms with van der Waals surface area (Å²) >= 11 is 3.30. The second-order valence-corrected chi connectivity index (χ2v) is 5.06. The average molecular weight is 288 g/mol. The number of hydrogen-bond acceptors (Lipinski definition) is 1. The van der Waals surface area contributed by atoms with E-state index in [2.05, 4.69) is 41.7 Å². The molecule has 0 aliphatic carbocycles. The molecule has 0 bridgehead atoms. The Balaban J connectivity index is 2.69. The van der Waals surface area contributed by atoms with Gasteiger partial charge in [-0.3, -0.25) is 4.90 Å². The minimum absolute atomic E-state index is 0.186. The number of nitrogens with zero attached hydrogens (tertiary/aromatic N) is 1. The number of hydrogen-bond donors (Lipinski definition) is 0. The van der Waals surface area contributed by atoms with Gasteiger partial charge in [0.05, 0.1) is 4.47 Å². The first-order valence-corrected chi connectivity index (χ1v) is 6.48. The van der Waals surface area contributed by atoms with Gasteiger partial charge in [0.25, 0.3) is 0 Å². The van der Waals surface area contributed by atoms with Crippen LogP contribution in [-0.2, 0) is 6.54 Å². The molecule has 0 heterocycles. The predicted octanol–water partition coefficient (Wildman–Crippen LogP) is 4.21. The summed E-state index contributed by atoms with van der Waals surface area (Å²) in [7, 11) is 2.08. The Kier molecular flexibility index (Phi) is 5.42. The molecule has 0 radical (unpaired) electrons. The number of rotatable bonds is 5. The quantitative estimate of drug-likeness (QED) is 0.784. The molecule has 0 aliphatic heterocycles. The second kappa shape index (κ2) is 6.36. The average Bonchev–Trinajstić information content (AvgIpc) is 2.25. The van der Waals surface area contributed by atoms with E-state index in [1.165, 1.54) is 18.9 Å². The van der Waals surface area contributed by atoms with Gasteiger partial charge >= 0.3 is 0 Å². The lowest BCUT2D eigenvalue weighted by Gasteiger charge is -2.24. The second-order valence-electron chi connectivity index (χ2n) is 4.27. The van der Waals surface area contributed by atoms with E-state index in [9.17, 15) is 4.39 Å². The van der Waals surface area contributed by atoms with E-state index in [1.54, 1.807) is 6.07 Å². The zero-order chi connectivity index (χ0) is 12.1. The van der Waals surface area contributed by atoms with Crippen molar-refractivity contribution < 1.29 is 4.39 Å². The standard InChI is InChI=1S/C13H19BrFN/c1-4-6-10(2)16(3)9-11-7-5-8-12(15)13(11)14/h5,7-8,10H,4,6,9H2,1-3H3. The summed E-state index contributed by atoms with van der Waals surface area (Å²) in [5.41, 5.74) is 1.01. The smallest absolute Gasteiger partial charge is 0.137 e. The van der Waals surface area contributed by atoms with Crippen molar-refractivity contribution in [1.29, 1.82) is 0 Å². The maximum Gasteiger partial charge on any atom is 0.137 e. The van der Waals surface area contributed by atoms with Gasteiger partial charge < -0.3 is 0 Å². The first-order valence-electron chi connectivity index (χ1n) is 5.69. The Morgan fingerprint density at radius 2 is 2.12 bits per heavy atom. The molecule has 16 heavy (non-hydrogen) atoms. The van der Waals surface area contributed by atoms with E-state index in [4.69, 9.17) is 0 Å². The van der Waals surface area contributed by atoms with Crippen molar-refractivity contribution >= 4 is 15.9 Å². The molecule has 0 N–H and O–H groups in total. The van der Waals surface area contributed by atoms with Crippen LogP contribution >= 0.6 is 15.9 Å². The Labute approximate surface area is 106 Å². The molecular weight excluding hydrogens is 269 g/mol. The first-order chi connectivity index (χ1) is 7.56. The molecule has 1 unspecified atom stereocenters. The van der Waals surface area contributed by atoms with E-state index in [-0.39, 0.29) is 5.82 Å². The van der Waals surface area contributed by atoms with Crippen molar-refractivity contribution in [3.05, 3.63) is 34.1 Å². The molecule has 90 valence electrons. The van der Waals surface area contributed by atoms with Crippen LogP contribution in [0.25, 0.3) is 0 Å². The highest BCUT2D eigenvalue weighted by atomic mass is 79.9. The van der Waals surface area contributed by atoms with Gasteiger partial charge in [-0.2, -0.15) is 0 Å². The highest BCUT2D eigenvalue weighted by molar-refractivity contribution is 9.10. The van der Waals surface area contributed by atoms with Gasteiger partial charge in [0.1, 0.15) is 5.82 Å². The first kappa shape index (κ1) is 13.7. The van der Waals surface area contributed by atoms with E-state index < -0.39 is 0 Å². The zero-order valence-corrected chi connectivity index (χ0v) is 11.7. The molecule has 1 rings (SSSR count). The molecule has 1 atom stereocenters. The van der Waals surface area contributed by atoms with Crippen LogP contribution in [0.2, 0.25) is 0 Å². The van der Waals surface area contributed by atoms with Crippen molar-refractivity contribution in [3.63, 3.8) is 0 Å². The zero-order valence-electron chi connectivity index (χ0n) is 10.1. The fraction of sp³-hybridized carbons (Fsp3) is 0.538. The highest BCUT2D eigenvalue weighted by Gasteiger charge is 2.11.